The van der Waals surface area contributed by atoms with E-state index in [0.717, 1.165) is 5.56 Å². The van der Waals surface area contributed by atoms with Crippen LogP contribution in [0.4, 0.5) is 5.69 Å². The molecule has 2 aromatic rings. The molecule has 104 valence electrons. The lowest BCUT2D eigenvalue weighted by Crippen LogP contribution is -2.21. The Bertz CT molecular complexity index is 661. The maximum Gasteiger partial charge on any atom is 0.273 e. The van der Waals surface area contributed by atoms with Crippen LogP contribution in [0, 0.1) is 6.92 Å². The summed E-state index contributed by atoms with van der Waals surface area (Å²) in [7, 11) is 3.27. The van der Waals surface area contributed by atoms with Gasteiger partial charge < -0.3 is 10.6 Å². The fraction of sp³-hybridized carbons (Fsp3) is 0.214. The van der Waals surface area contributed by atoms with E-state index in [0.29, 0.717) is 16.9 Å². The van der Waals surface area contributed by atoms with E-state index >= 15 is 0 Å². The summed E-state index contributed by atoms with van der Waals surface area (Å²) < 4.78 is 1.49. The topological polar surface area (TPSA) is 76.0 Å². The zero-order valence-electron chi connectivity index (χ0n) is 11.6. The van der Waals surface area contributed by atoms with Crippen molar-refractivity contribution in [1.29, 1.82) is 0 Å². The Balaban J connectivity index is 2.29. The largest absolute Gasteiger partial charge is 0.355 e. The first-order chi connectivity index (χ1) is 9.54. The van der Waals surface area contributed by atoms with E-state index < -0.39 is 0 Å². The molecule has 0 spiro atoms. The molecular formula is C14H16N4O2. The first-order valence-corrected chi connectivity index (χ1v) is 6.15. The quantitative estimate of drug-likeness (QED) is 0.885. The number of hydrogen-bond donors (Lipinski definition) is 2. The van der Waals surface area contributed by atoms with Crippen LogP contribution in [-0.2, 0) is 7.05 Å². The van der Waals surface area contributed by atoms with Crippen molar-refractivity contribution in [2.75, 3.05) is 12.4 Å². The molecule has 2 N–H and O–H groups in total. The summed E-state index contributed by atoms with van der Waals surface area (Å²) in [4.78, 5) is 23.8. The number of anilines is 1. The van der Waals surface area contributed by atoms with Crippen LogP contribution in [0.5, 0.6) is 0 Å². The van der Waals surface area contributed by atoms with Gasteiger partial charge in [-0.3, -0.25) is 14.3 Å². The zero-order chi connectivity index (χ0) is 14.7. The van der Waals surface area contributed by atoms with Crippen molar-refractivity contribution in [3.8, 4) is 0 Å². The highest BCUT2D eigenvalue weighted by molar-refractivity contribution is 6.05. The van der Waals surface area contributed by atoms with Gasteiger partial charge >= 0.3 is 0 Å². The van der Waals surface area contributed by atoms with Gasteiger partial charge in [-0.25, -0.2) is 0 Å². The maximum absolute atomic E-state index is 12.1. The van der Waals surface area contributed by atoms with Crippen LogP contribution in [0.1, 0.15) is 26.4 Å². The summed E-state index contributed by atoms with van der Waals surface area (Å²) in [5.41, 5.74) is 2.32. The number of nitrogens with zero attached hydrogens (tertiary/aromatic N) is 2. The molecule has 0 atom stereocenters. The highest BCUT2D eigenvalue weighted by Gasteiger charge is 2.14. The molecule has 0 radical (unpaired) electrons. The van der Waals surface area contributed by atoms with Gasteiger partial charge in [-0.15, -0.1) is 0 Å². The molecule has 1 aromatic heterocycles. The van der Waals surface area contributed by atoms with Crippen LogP contribution in [0.15, 0.2) is 30.5 Å². The Morgan fingerprint density at radius 1 is 1.20 bits per heavy atom. The zero-order valence-corrected chi connectivity index (χ0v) is 11.6. The molecule has 20 heavy (non-hydrogen) atoms. The molecule has 0 unspecified atom stereocenters. The van der Waals surface area contributed by atoms with Gasteiger partial charge in [0.2, 0.25) is 0 Å². The normalized spacial score (nSPS) is 10.2. The highest BCUT2D eigenvalue weighted by Crippen LogP contribution is 2.19. The van der Waals surface area contributed by atoms with E-state index in [1.165, 1.54) is 4.68 Å². The second kappa shape index (κ2) is 5.56. The third-order valence-electron chi connectivity index (χ3n) is 3.11. The Morgan fingerprint density at radius 2 is 1.95 bits per heavy atom. The van der Waals surface area contributed by atoms with Crippen molar-refractivity contribution in [3.05, 3.63) is 47.3 Å². The number of nitrogens with one attached hydrogen (secondary N) is 2. The maximum atomic E-state index is 12.1. The van der Waals surface area contributed by atoms with E-state index in [4.69, 9.17) is 0 Å². The minimum absolute atomic E-state index is 0.181. The first-order valence-electron chi connectivity index (χ1n) is 6.15. The summed E-state index contributed by atoms with van der Waals surface area (Å²) in [6.45, 7) is 1.80. The van der Waals surface area contributed by atoms with Crippen LogP contribution in [0.3, 0.4) is 0 Å². The highest BCUT2D eigenvalue weighted by atomic mass is 16.2. The van der Waals surface area contributed by atoms with Crippen LogP contribution >= 0.6 is 0 Å². The van der Waals surface area contributed by atoms with Gasteiger partial charge in [-0.05, 0) is 30.7 Å². The van der Waals surface area contributed by atoms with Crippen molar-refractivity contribution in [2.24, 2.45) is 7.05 Å². The SMILES string of the molecule is CNC(=O)c1cccc(NC(=O)c2ccnn2C)c1C. The van der Waals surface area contributed by atoms with Crippen LogP contribution in [0.25, 0.3) is 0 Å². The average molecular weight is 272 g/mol. The van der Waals surface area contributed by atoms with E-state index in [-0.39, 0.29) is 11.8 Å². The lowest BCUT2D eigenvalue weighted by Gasteiger charge is -2.11. The molecule has 0 saturated heterocycles. The number of aromatic nitrogens is 2. The van der Waals surface area contributed by atoms with Crippen molar-refractivity contribution >= 4 is 17.5 Å². The molecule has 0 saturated carbocycles. The standard InChI is InChI=1S/C14H16N4O2/c1-9-10(13(19)15-2)5-4-6-11(9)17-14(20)12-7-8-16-18(12)3/h4-8H,1-3H3,(H,15,19)(H,17,20). The minimum atomic E-state index is -0.262. The number of hydrogen-bond acceptors (Lipinski definition) is 3. The van der Waals surface area contributed by atoms with E-state index in [9.17, 15) is 9.59 Å². The second-order valence-corrected chi connectivity index (χ2v) is 4.35. The van der Waals surface area contributed by atoms with Gasteiger partial charge in [-0.2, -0.15) is 5.10 Å². The predicted octanol–water partition coefficient (Wildman–Crippen LogP) is 1.34. The summed E-state index contributed by atoms with van der Waals surface area (Å²) in [6.07, 6.45) is 1.56. The summed E-state index contributed by atoms with van der Waals surface area (Å²) in [6, 6.07) is 6.84. The number of rotatable bonds is 3. The number of carbonyl (C=O) groups excluding carboxylic acids is 2. The minimum Gasteiger partial charge on any atom is -0.355 e. The van der Waals surface area contributed by atoms with Crippen LogP contribution in [-0.4, -0.2) is 28.6 Å². The number of carbonyl (C=O) groups is 2. The molecule has 1 aromatic carbocycles. The fourth-order valence-corrected chi connectivity index (χ4v) is 1.93. The molecule has 0 bridgehead atoms. The lowest BCUT2D eigenvalue weighted by atomic mass is 10.1. The Labute approximate surface area is 116 Å². The van der Waals surface area contributed by atoms with Crippen molar-refractivity contribution in [3.63, 3.8) is 0 Å². The van der Waals surface area contributed by atoms with Gasteiger partial charge in [0, 0.05) is 31.5 Å². The van der Waals surface area contributed by atoms with E-state index in [1.807, 2.05) is 0 Å². The third-order valence-corrected chi connectivity index (χ3v) is 3.11. The number of amides is 2. The van der Waals surface area contributed by atoms with Crippen LogP contribution < -0.4 is 10.6 Å². The molecule has 2 amide bonds. The van der Waals surface area contributed by atoms with Crippen molar-refractivity contribution in [2.45, 2.75) is 6.92 Å². The summed E-state index contributed by atoms with van der Waals surface area (Å²) >= 11 is 0. The van der Waals surface area contributed by atoms with E-state index in [1.54, 1.807) is 51.5 Å². The average Bonchev–Trinajstić information content (AvgIpc) is 2.86. The third kappa shape index (κ3) is 2.54. The monoisotopic (exact) mass is 272 g/mol. The Hall–Kier alpha value is -2.63. The fourth-order valence-electron chi connectivity index (χ4n) is 1.93. The molecule has 1 heterocycles. The summed E-state index contributed by atoms with van der Waals surface area (Å²) in [5.74, 6) is -0.443. The Kier molecular flexibility index (Phi) is 3.84. The predicted molar refractivity (Wildman–Crippen MR) is 75.7 cm³/mol. The van der Waals surface area contributed by atoms with Crippen molar-refractivity contribution in [1.82, 2.24) is 15.1 Å². The van der Waals surface area contributed by atoms with Crippen LogP contribution in [0.2, 0.25) is 0 Å². The van der Waals surface area contributed by atoms with Crippen molar-refractivity contribution < 1.29 is 9.59 Å². The van der Waals surface area contributed by atoms with Gasteiger partial charge in [0.15, 0.2) is 0 Å². The molecular weight excluding hydrogens is 256 g/mol. The van der Waals surface area contributed by atoms with Gasteiger partial charge in [-0.1, -0.05) is 6.07 Å². The first kappa shape index (κ1) is 13.8. The molecule has 6 nitrogen and oxygen atoms in total. The molecule has 0 aliphatic rings. The van der Waals surface area contributed by atoms with Gasteiger partial charge in [0.05, 0.1) is 0 Å². The van der Waals surface area contributed by atoms with Gasteiger partial charge in [0.1, 0.15) is 5.69 Å². The molecule has 0 aliphatic heterocycles. The lowest BCUT2D eigenvalue weighted by molar-refractivity contribution is 0.0960. The summed E-state index contributed by atoms with van der Waals surface area (Å²) in [5, 5.41) is 9.32. The molecule has 6 heteroatoms. The van der Waals surface area contributed by atoms with Gasteiger partial charge in [0.25, 0.3) is 11.8 Å². The molecule has 0 fully saturated rings. The second-order valence-electron chi connectivity index (χ2n) is 4.35. The number of aryl methyl sites for hydroxylation is 1. The Morgan fingerprint density at radius 3 is 2.55 bits per heavy atom. The molecule has 0 aliphatic carbocycles. The van der Waals surface area contributed by atoms with E-state index in [2.05, 4.69) is 15.7 Å². The molecule has 2 rings (SSSR count). The number of benzene rings is 1. The smallest absolute Gasteiger partial charge is 0.273 e.